The van der Waals surface area contributed by atoms with Crippen molar-refractivity contribution >= 4 is 51.6 Å². The lowest BCUT2D eigenvalue weighted by molar-refractivity contribution is -0.128. The lowest BCUT2D eigenvalue weighted by Crippen LogP contribution is -2.54. The van der Waals surface area contributed by atoms with E-state index >= 15 is 0 Å². The molecule has 0 saturated heterocycles. The minimum atomic E-state index is -1.33. The Hall–Kier alpha value is -2.32. The SMILES string of the molecule is CCN1C(=O)C(C)(C(=O)Nc2sc3c(c2C(=O)OC)CCCC3)Sc2ccccc21. The number of ether oxygens (including phenoxy) is 1. The number of para-hydroxylation sites is 1. The van der Waals surface area contributed by atoms with Gasteiger partial charge in [0, 0.05) is 16.3 Å². The zero-order valence-corrected chi connectivity index (χ0v) is 18.9. The van der Waals surface area contributed by atoms with Crippen LogP contribution in [0, 0.1) is 0 Å². The molecule has 8 heteroatoms. The monoisotopic (exact) mass is 444 g/mol. The van der Waals surface area contributed by atoms with Gasteiger partial charge in [0.2, 0.25) is 0 Å². The number of aryl methyl sites for hydroxylation is 1. The average molecular weight is 445 g/mol. The second-order valence-corrected chi connectivity index (χ2v) is 10.1. The Kier molecular flexibility index (Phi) is 5.63. The van der Waals surface area contributed by atoms with Gasteiger partial charge in [-0.1, -0.05) is 23.9 Å². The van der Waals surface area contributed by atoms with Crippen LogP contribution in [0.2, 0.25) is 0 Å². The minimum Gasteiger partial charge on any atom is -0.465 e. The Labute approximate surface area is 184 Å². The molecule has 1 aromatic carbocycles. The van der Waals surface area contributed by atoms with Crippen LogP contribution in [0.1, 0.15) is 47.5 Å². The molecule has 0 spiro atoms. The Balaban J connectivity index is 1.70. The van der Waals surface area contributed by atoms with E-state index in [0.29, 0.717) is 17.1 Å². The fourth-order valence-electron chi connectivity index (χ4n) is 4.05. The summed E-state index contributed by atoms with van der Waals surface area (Å²) in [6, 6.07) is 7.60. The first-order valence-electron chi connectivity index (χ1n) is 10.0. The van der Waals surface area contributed by atoms with E-state index in [2.05, 4.69) is 5.32 Å². The van der Waals surface area contributed by atoms with Crippen LogP contribution in [0.3, 0.4) is 0 Å². The van der Waals surface area contributed by atoms with E-state index < -0.39 is 16.6 Å². The van der Waals surface area contributed by atoms with E-state index in [1.807, 2.05) is 31.2 Å². The summed E-state index contributed by atoms with van der Waals surface area (Å²) in [5.41, 5.74) is 2.24. The minimum absolute atomic E-state index is 0.257. The summed E-state index contributed by atoms with van der Waals surface area (Å²) in [7, 11) is 1.35. The molecule has 0 fully saturated rings. The van der Waals surface area contributed by atoms with E-state index in [0.717, 1.165) is 46.7 Å². The maximum absolute atomic E-state index is 13.4. The van der Waals surface area contributed by atoms with E-state index in [-0.39, 0.29) is 5.91 Å². The molecule has 30 heavy (non-hydrogen) atoms. The predicted octanol–water partition coefficient (Wildman–Crippen LogP) is 4.27. The molecule has 2 amide bonds. The van der Waals surface area contributed by atoms with Crippen molar-refractivity contribution in [2.24, 2.45) is 0 Å². The van der Waals surface area contributed by atoms with Crippen molar-refractivity contribution in [2.75, 3.05) is 23.9 Å². The van der Waals surface area contributed by atoms with E-state index in [1.54, 1.807) is 11.8 Å². The summed E-state index contributed by atoms with van der Waals surface area (Å²) >= 11 is 2.68. The van der Waals surface area contributed by atoms with Crippen LogP contribution in [-0.4, -0.2) is 36.2 Å². The third-order valence-corrected chi connectivity index (χ3v) is 8.20. The van der Waals surface area contributed by atoms with Gasteiger partial charge in [-0.15, -0.1) is 11.3 Å². The number of benzene rings is 1. The van der Waals surface area contributed by atoms with Crippen molar-refractivity contribution < 1.29 is 19.1 Å². The van der Waals surface area contributed by atoms with Crippen LogP contribution in [-0.2, 0) is 27.2 Å². The summed E-state index contributed by atoms with van der Waals surface area (Å²) in [5, 5.41) is 3.39. The highest BCUT2D eigenvalue weighted by Gasteiger charge is 2.49. The summed E-state index contributed by atoms with van der Waals surface area (Å²) in [5.74, 6) is -1.13. The molecule has 1 aliphatic heterocycles. The van der Waals surface area contributed by atoms with Crippen molar-refractivity contribution in [3.05, 3.63) is 40.3 Å². The molecule has 1 aliphatic carbocycles. The number of esters is 1. The van der Waals surface area contributed by atoms with E-state index in [4.69, 9.17) is 4.74 Å². The van der Waals surface area contributed by atoms with Gasteiger partial charge in [-0.05, 0) is 57.2 Å². The quantitative estimate of drug-likeness (QED) is 0.563. The molecule has 1 unspecified atom stereocenters. The fraction of sp³-hybridized carbons (Fsp3) is 0.409. The van der Waals surface area contributed by atoms with Gasteiger partial charge in [0.25, 0.3) is 11.8 Å². The highest BCUT2D eigenvalue weighted by molar-refractivity contribution is 8.02. The molecule has 2 heterocycles. The number of nitrogens with zero attached hydrogens (tertiary/aromatic N) is 1. The smallest absolute Gasteiger partial charge is 0.341 e. The van der Waals surface area contributed by atoms with Crippen molar-refractivity contribution in [3.63, 3.8) is 0 Å². The number of nitrogens with one attached hydrogen (secondary N) is 1. The molecule has 158 valence electrons. The predicted molar refractivity (Wildman–Crippen MR) is 120 cm³/mol. The number of thiophene rings is 1. The molecule has 0 radical (unpaired) electrons. The molecule has 1 aromatic heterocycles. The van der Waals surface area contributed by atoms with Crippen molar-refractivity contribution in [2.45, 2.75) is 49.2 Å². The highest BCUT2D eigenvalue weighted by atomic mass is 32.2. The summed E-state index contributed by atoms with van der Waals surface area (Å²) < 4.78 is 3.66. The van der Waals surface area contributed by atoms with Gasteiger partial charge >= 0.3 is 5.97 Å². The first-order valence-corrected chi connectivity index (χ1v) is 11.7. The summed E-state index contributed by atoms with van der Waals surface area (Å²) in [6.45, 7) is 4.02. The third-order valence-electron chi connectivity index (χ3n) is 5.66. The maximum atomic E-state index is 13.4. The second kappa shape index (κ2) is 8.07. The number of methoxy groups -OCH3 is 1. The van der Waals surface area contributed by atoms with Crippen LogP contribution in [0.4, 0.5) is 10.7 Å². The van der Waals surface area contributed by atoms with Crippen LogP contribution >= 0.6 is 23.1 Å². The average Bonchev–Trinajstić information content (AvgIpc) is 3.12. The van der Waals surface area contributed by atoms with Crippen molar-refractivity contribution in [1.82, 2.24) is 0 Å². The fourth-order valence-corrected chi connectivity index (χ4v) is 6.53. The van der Waals surface area contributed by atoms with Crippen LogP contribution in [0.15, 0.2) is 29.2 Å². The van der Waals surface area contributed by atoms with Gasteiger partial charge in [-0.25, -0.2) is 4.79 Å². The maximum Gasteiger partial charge on any atom is 0.341 e. The molecule has 6 nitrogen and oxygen atoms in total. The number of hydrogen-bond acceptors (Lipinski definition) is 6. The molecule has 4 rings (SSSR count). The molecule has 2 aliphatic rings. The lowest BCUT2D eigenvalue weighted by Gasteiger charge is -2.38. The number of rotatable bonds is 4. The van der Waals surface area contributed by atoms with Crippen LogP contribution in [0.25, 0.3) is 0 Å². The van der Waals surface area contributed by atoms with Crippen LogP contribution < -0.4 is 10.2 Å². The summed E-state index contributed by atoms with van der Waals surface area (Å²) in [4.78, 5) is 42.8. The number of thioether (sulfide) groups is 1. The molecular weight excluding hydrogens is 420 g/mol. The normalized spacial score (nSPS) is 20.4. The lowest BCUT2D eigenvalue weighted by atomic mass is 9.95. The Morgan fingerprint density at radius 3 is 2.70 bits per heavy atom. The van der Waals surface area contributed by atoms with Gasteiger partial charge in [0.05, 0.1) is 18.4 Å². The first kappa shape index (κ1) is 20.9. The third kappa shape index (κ3) is 3.32. The molecule has 2 aromatic rings. The van der Waals surface area contributed by atoms with Gasteiger partial charge in [0.15, 0.2) is 4.75 Å². The summed E-state index contributed by atoms with van der Waals surface area (Å²) in [6.07, 6.45) is 3.76. The molecule has 1 atom stereocenters. The zero-order valence-electron chi connectivity index (χ0n) is 17.2. The Bertz CT molecular complexity index is 1030. The van der Waals surface area contributed by atoms with Crippen molar-refractivity contribution in [1.29, 1.82) is 0 Å². The Morgan fingerprint density at radius 2 is 1.97 bits per heavy atom. The van der Waals surface area contributed by atoms with E-state index in [1.165, 1.54) is 30.2 Å². The van der Waals surface area contributed by atoms with Gasteiger partial charge in [-0.2, -0.15) is 0 Å². The number of anilines is 2. The second-order valence-electron chi connectivity index (χ2n) is 7.51. The number of hydrogen-bond donors (Lipinski definition) is 1. The number of carbonyl (C=O) groups excluding carboxylic acids is 3. The Morgan fingerprint density at radius 1 is 1.23 bits per heavy atom. The van der Waals surface area contributed by atoms with Gasteiger partial charge < -0.3 is 15.0 Å². The number of carbonyl (C=O) groups is 3. The molecule has 0 bridgehead atoms. The molecule has 0 saturated carbocycles. The molecule has 1 N–H and O–H groups in total. The van der Waals surface area contributed by atoms with Gasteiger partial charge in [-0.3, -0.25) is 9.59 Å². The molecular formula is C22H24N2O4S2. The largest absolute Gasteiger partial charge is 0.465 e. The number of amides is 2. The van der Waals surface area contributed by atoms with Crippen molar-refractivity contribution in [3.8, 4) is 0 Å². The van der Waals surface area contributed by atoms with Gasteiger partial charge in [0.1, 0.15) is 5.00 Å². The van der Waals surface area contributed by atoms with E-state index in [9.17, 15) is 14.4 Å². The standard InChI is InChI=1S/C22H24N2O4S2/c1-4-24-14-10-6-8-12-16(14)30-22(2,21(24)27)20(26)23-18-17(19(25)28-3)13-9-5-7-11-15(13)29-18/h6,8,10,12H,4-5,7,9,11H2,1-3H3,(H,23,26). The van der Waals surface area contributed by atoms with Crippen LogP contribution in [0.5, 0.6) is 0 Å². The first-order chi connectivity index (χ1) is 14.4. The highest BCUT2D eigenvalue weighted by Crippen LogP contribution is 2.46. The number of fused-ring (bicyclic) bond motifs is 2. The topological polar surface area (TPSA) is 75.7 Å². The zero-order chi connectivity index (χ0) is 21.5.